The van der Waals surface area contributed by atoms with E-state index in [1.807, 2.05) is 13.8 Å². The van der Waals surface area contributed by atoms with Crippen LogP contribution in [0.3, 0.4) is 0 Å². The molecule has 0 aromatic rings. The maximum Gasteiger partial charge on any atom is 0.225 e. The van der Waals surface area contributed by atoms with Gasteiger partial charge < -0.3 is 10.2 Å². The van der Waals surface area contributed by atoms with Crippen LogP contribution < -0.4 is 5.32 Å². The Morgan fingerprint density at radius 1 is 1.41 bits per heavy atom. The Balaban J connectivity index is 1.75. The number of hydrogen-bond acceptors (Lipinski definition) is 4. The van der Waals surface area contributed by atoms with Gasteiger partial charge in [-0.3, -0.25) is 9.59 Å². The first-order valence-corrected chi connectivity index (χ1v) is 9.44. The van der Waals surface area contributed by atoms with Crippen molar-refractivity contribution < 1.29 is 18.0 Å². The van der Waals surface area contributed by atoms with E-state index in [4.69, 9.17) is 0 Å². The second-order valence-corrected chi connectivity index (χ2v) is 8.54. The molecule has 0 aromatic carbocycles. The van der Waals surface area contributed by atoms with Crippen LogP contribution in [0.5, 0.6) is 0 Å². The van der Waals surface area contributed by atoms with E-state index in [0.717, 1.165) is 0 Å². The number of amides is 2. The van der Waals surface area contributed by atoms with E-state index in [0.29, 0.717) is 45.1 Å². The number of likely N-dealkylation sites (tertiary alicyclic amines) is 1. The highest BCUT2D eigenvalue weighted by molar-refractivity contribution is 7.89. The molecule has 0 saturated carbocycles. The standard InChI is InChI=1S/C14H25N3O4S/c1-11(2)9-16-10-12(8-13(16)18)14(19)15-4-6-17-5-3-7-22(17,20)21/h11-12H,3-10H2,1-2H3,(H,15,19)/t12-/m1/s1. The molecule has 0 aromatic heterocycles. The molecule has 2 amide bonds. The Kier molecular flexibility index (Phi) is 5.44. The van der Waals surface area contributed by atoms with Gasteiger partial charge in [-0.2, -0.15) is 0 Å². The Bertz CT molecular complexity index is 532. The summed E-state index contributed by atoms with van der Waals surface area (Å²) >= 11 is 0. The molecular weight excluding hydrogens is 306 g/mol. The highest BCUT2D eigenvalue weighted by Crippen LogP contribution is 2.19. The number of rotatable bonds is 6. The predicted molar refractivity (Wildman–Crippen MR) is 82.5 cm³/mol. The molecule has 2 aliphatic heterocycles. The van der Waals surface area contributed by atoms with Crippen molar-refractivity contribution in [3.8, 4) is 0 Å². The molecule has 2 rings (SSSR count). The molecule has 0 bridgehead atoms. The van der Waals surface area contributed by atoms with Gasteiger partial charge in [0.2, 0.25) is 21.8 Å². The zero-order valence-corrected chi connectivity index (χ0v) is 14.1. The minimum Gasteiger partial charge on any atom is -0.354 e. The van der Waals surface area contributed by atoms with Crippen molar-refractivity contribution in [3.05, 3.63) is 0 Å². The Labute approximate surface area is 132 Å². The Morgan fingerprint density at radius 3 is 2.73 bits per heavy atom. The summed E-state index contributed by atoms with van der Waals surface area (Å²) in [5.41, 5.74) is 0. The molecule has 0 radical (unpaired) electrons. The van der Waals surface area contributed by atoms with Gasteiger partial charge in [0.05, 0.1) is 11.7 Å². The predicted octanol–water partition coefficient (Wildman–Crippen LogP) is -0.357. The van der Waals surface area contributed by atoms with Crippen LogP contribution in [0, 0.1) is 11.8 Å². The molecule has 22 heavy (non-hydrogen) atoms. The summed E-state index contributed by atoms with van der Waals surface area (Å²) in [5, 5.41) is 2.76. The van der Waals surface area contributed by atoms with Crippen LogP contribution in [0.25, 0.3) is 0 Å². The molecule has 2 saturated heterocycles. The minimum absolute atomic E-state index is 0.0240. The molecule has 0 spiro atoms. The maximum absolute atomic E-state index is 12.1. The molecule has 1 N–H and O–H groups in total. The summed E-state index contributed by atoms with van der Waals surface area (Å²) in [6.45, 7) is 6.35. The molecule has 2 heterocycles. The first-order valence-electron chi connectivity index (χ1n) is 7.83. The lowest BCUT2D eigenvalue weighted by Crippen LogP contribution is -2.39. The average Bonchev–Trinajstić information content (AvgIpc) is 2.93. The van der Waals surface area contributed by atoms with Crippen LogP contribution in [0.4, 0.5) is 0 Å². The molecule has 0 unspecified atom stereocenters. The first kappa shape index (κ1) is 17.2. The van der Waals surface area contributed by atoms with Crippen molar-refractivity contribution in [2.75, 3.05) is 38.5 Å². The summed E-state index contributed by atoms with van der Waals surface area (Å²) in [4.78, 5) is 25.7. The quantitative estimate of drug-likeness (QED) is 0.720. The molecule has 7 nitrogen and oxygen atoms in total. The zero-order chi connectivity index (χ0) is 16.3. The summed E-state index contributed by atoms with van der Waals surface area (Å²) in [6.07, 6.45) is 0.901. The second kappa shape index (κ2) is 6.95. The van der Waals surface area contributed by atoms with Crippen LogP contribution >= 0.6 is 0 Å². The van der Waals surface area contributed by atoms with Gasteiger partial charge in [-0.15, -0.1) is 0 Å². The highest BCUT2D eigenvalue weighted by Gasteiger charge is 2.34. The van der Waals surface area contributed by atoms with E-state index in [1.54, 1.807) is 4.90 Å². The Hall–Kier alpha value is -1.15. The van der Waals surface area contributed by atoms with Crippen LogP contribution in [-0.2, 0) is 19.6 Å². The van der Waals surface area contributed by atoms with Gasteiger partial charge in [0.1, 0.15) is 0 Å². The molecule has 0 aliphatic carbocycles. The smallest absolute Gasteiger partial charge is 0.225 e. The molecule has 8 heteroatoms. The van der Waals surface area contributed by atoms with Gasteiger partial charge in [0, 0.05) is 39.1 Å². The van der Waals surface area contributed by atoms with Crippen molar-refractivity contribution >= 4 is 21.8 Å². The van der Waals surface area contributed by atoms with Crippen LogP contribution in [0.2, 0.25) is 0 Å². The monoisotopic (exact) mass is 331 g/mol. The lowest BCUT2D eigenvalue weighted by Gasteiger charge is -2.19. The fraction of sp³-hybridized carbons (Fsp3) is 0.857. The fourth-order valence-corrected chi connectivity index (χ4v) is 4.48. The van der Waals surface area contributed by atoms with Gasteiger partial charge in [-0.1, -0.05) is 13.8 Å². The van der Waals surface area contributed by atoms with Crippen LogP contribution in [0.1, 0.15) is 26.7 Å². The first-order chi connectivity index (χ1) is 10.3. The van der Waals surface area contributed by atoms with E-state index in [2.05, 4.69) is 5.32 Å². The summed E-state index contributed by atoms with van der Waals surface area (Å²) in [5.74, 6) is 0.127. The topological polar surface area (TPSA) is 86.8 Å². The van der Waals surface area contributed by atoms with Crippen LogP contribution in [0.15, 0.2) is 0 Å². The van der Waals surface area contributed by atoms with Gasteiger partial charge in [0.15, 0.2) is 0 Å². The fourth-order valence-electron chi connectivity index (χ4n) is 2.96. The van der Waals surface area contributed by atoms with Crippen molar-refractivity contribution in [1.29, 1.82) is 0 Å². The van der Waals surface area contributed by atoms with Gasteiger partial charge in [0.25, 0.3) is 0 Å². The number of carbonyl (C=O) groups excluding carboxylic acids is 2. The molecule has 126 valence electrons. The van der Waals surface area contributed by atoms with Crippen molar-refractivity contribution in [1.82, 2.24) is 14.5 Å². The van der Waals surface area contributed by atoms with E-state index < -0.39 is 10.0 Å². The number of carbonyl (C=O) groups is 2. The normalized spacial score (nSPS) is 25.1. The molecular formula is C14H25N3O4S. The third-order valence-corrected chi connectivity index (χ3v) is 5.99. The largest absolute Gasteiger partial charge is 0.354 e. The van der Waals surface area contributed by atoms with Gasteiger partial charge >= 0.3 is 0 Å². The SMILES string of the molecule is CC(C)CN1C[C@H](C(=O)NCCN2CCCS2(=O)=O)CC1=O. The Morgan fingerprint density at radius 2 is 2.14 bits per heavy atom. The van der Waals surface area contributed by atoms with E-state index in [9.17, 15) is 18.0 Å². The second-order valence-electron chi connectivity index (χ2n) is 6.45. The number of nitrogens with zero attached hydrogens (tertiary/aromatic N) is 2. The van der Waals surface area contributed by atoms with Crippen molar-refractivity contribution in [3.63, 3.8) is 0 Å². The minimum atomic E-state index is -3.12. The molecule has 2 fully saturated rings. The lowest BCUT2D eigenvalue weighted by molar-refractivity contribution is -0.129. The van der Waals surface area contributed by atoms with Crippen molar-refractivity contribution in [2.24, 2.45) is 11.8 Å². The third kappa shape index (κ3) is 4.19. The number of hydrogen-bond donors (Lipinski definition) is 1. The van der Waals surface area contributed by atoms with Crippen LogP contribution in [-0.4, -0.2) is 67.9 Å². The van der Waals surface area contributed by atoms with E-state index in [-0.39, 0.29) is 29.9 Å². The van der Waals surface area contributed by atoms with Gasteiger partial charge in [-0.25, -0.2) is 12.7 Å². The zero-order valence-electron chi connectivity index (χ0n) is 13.2. The highest BCUT2D eigenvalue weighted by atomic mass is 32.2. The summed E-state index contributed by atoms with van der Waals surface area (Å²) < 4.78 is 24.7. The lowest BCUT2D eigenvalue weighted by atomic mass is 10.1. The molecule has 2 aliphatic rings. The maximum atomic E-state index is 12.1. The molecule has 1 atom stereocenters. The average molecular weight is 331 g/mol. The number of sulfonamides is 1. The number of nitrogens with one attached hydrogen (secondary N) is 1. The van der Waals surface area contributed by atoms with E-state index >= 15 is 0 Å². The van der Waals surface area contributed by atoms with Crippen molar-refractivity contribution in [2.45, 2.75) is 26.7 Å². The van der Waals surface area contributed by atoms with Gasteiger partial charge in [-0.05, 0) is 12.3 Å². The van der Waals surface area contributed by atoms with E-state index in [1.165, 1.54) is 4.31 Å². The summed E-state index contributed by atoms with van der Waals surface area (Å²) in [6, 6.07) is 0. The summed E-state index contributed by atoms with van der Waals surface area (Å²) in [7, 11) is -3.12. The third-order valence-electron chi connectivity index (χ3n) is 4.03.